The Hall–Kier alpha value is -1.94. The SMILES string of the molecule is CCCCCCCCCCCCCCCCCCCCCCCCC(=O)O[C@H](COC(=O)CCCCCCCCCCCCC(C)C)COP(=O)(O)OC[C@@H](O)COP(=O)(O)OC[C@@H](COC(=O)CCCCCCCCC(C)C)OC(=O)CCCCCCCCC(C)CC. The van der Waals surface area contributed by atoms with Crippen molar-refractivity contribution >= 4 is 39.5 Å². The molecule has 0 radical (unpaired) electrons. The maximum absolute atomic E-state index is 13.1. The first-order chi connectivity index (χ1) is 45.3. The number of esters is 4. The van der Waals surface area contributed by atoms with E-state index in [1.165, 1.54) is 186 Å². The van der Waals surface area contributed by atoms with Crippen LogP contribution < -0.4 is 0 Å². The lowest BCUT2D eigenvalue weighted by Gasteiger charge is -2.21. The number of phosphoric acid groups is 2. The number of unbranched alkanes of at least 4 members (excludes halogenated alkanes) is 40. The van der Waals surface area contributed by atoms with Gasteiger partial charge in [-0.1, -0.05) is 331 Å². The molecule has 19 heteroatoms. The number of carbonyl (C=O) groups excluding carboxylic acids is 4. The Balaban J connectivity index is 5.17. The summed E-state index contributed by atoms with van der Waals surface area (Å²) in [6.45, 7) is 11.7. The summed E-state index contributed by atoms with van der Waals surface area (Å²) in [5, 5.41) is 10.6. The third-order valence-electron chi connectivity index (χ3n) is 17.7. The molecule has 0 aromatic carbocycles. The van der Waals surface area contributed by atoms with E-state index in [-0.39, 0.29) is 25.7 Å². The topological polar surface area (TPSA) is 237 Å². The average molecular weight is 1380 g/mol. The van der Waals surface area contributed by atoms with E-state index in [4.69, 9.17) is 37.0 Å². The quantitative estimate of drug-likeness (QED) is 0.0222. The van der Waals surface area contributed by atoms with Crippen LogP contribution in [0, 0.1) is 17.8 Å². The molecule has 0 rings (SSSR count). The van der Waals surface area contributed by atoms with Gasteiger partial charge in [0, 0.05) is 25.7 Å². The van der Waals surface area contributed by atoms with E-state index in [1.54, 1.807) is 0 Å². The molecule has 558 valence electrons. The zero-order valence-corrected chi connectivity index (χ0v) is 63.2. The molecule has 0 fully saturated rings. The fraction of sp³-hybridized carbons (Fsp3) is 0.947. The van der Waals surface area contributed by atoms with Crippen molar-refractivity contribution in [3.8, 4) is 0 Å². The summed E-state index contributed by atoms with van der Waals surface area (Å²) in [5.74, 6) is 0.0308. The molecule has 0 saturated heterocycles. The van der Waals surface area contributed by atoms with Gasteiger partial charge >= 0.3 is 39.5 Å². The summed E-state index contributed by atoms with van der Waals surface area (Å²) in [6.07, 6.45) is 51.8. The lowest BCUT2D eigenvalue weighted by atomic mass is 10.00. The first-order valence-electron chi connectivity index (χ1n) is 38.9. The van der Waals surface area contributed by atoms with E-state index in [1.807, 2.05) is 0 Å². The van der Waals surface area contributed by atoms with Gasteiger partial charge in [0.25, 0.3) is 0 Å². The van der Waals surface area contributed by atoms with E-state index in [0.29, 0.717) is 31.6 Å². The van der Waals surface area contributed by atoms with E-state index in [2.05, 4.69) is 48.5 Å². The molecule has 0 heterocycles. The minimum Gasteiger partial charge on any atom is -0.462 e. The van der Waals surface area contributed by atoms with Crippen LogP contribution in [-0.4, -0.2) is 96.7 Å². The third kappa shape index (κ3) is 67.3. The normalized spacial score (nSPS) is 14.4. The molecule has 0 aliphatic carbocycles. The molecular weight excluding hydrogens is 1230 g/mol. The lowest BCUT2D eigenvalue weighted by molar-refractivity contribution is -0.161. The second-order valence-corrected chi connectivity index (χ2v) is 31.1. The summed E-state index contributed by atoms with van der Waals surface area (Å²) in [5.41, 5.74) is 0. The number of phosphoric ester groups is 2. The maximum atomic E-state index is 13.1. The van der Waals surface area contributed by atoms with Crippen LogP contribution in [-0.2, 0) is 65.4 Å². The van der Waals surface area contributed by atoms with Gasteiger partial charge in [-0.05, 0) is 43.4 Å². The van der Waals surface area contributed by atoms with Gasteiger partial charge in [-0.15, -0.1) is 0 Å². The highest BCUT2D eigenvalue weighted by Gasteiger charge is 2.30. The van der Waals surface area contributed by atoms with Crippen molar-refractivity contribution in [2.75, 3.05) is 39.6 Å². The van der Waals surface area contributed by atoms with Gasteiger partial charge in [0.05, 0.1) is 26.4 Å². The van der Waals surface area contributed by atoms with Crippen molar-refractivity contribution in [1.82, 2.24) is 0 Å². The van der Waals surface area contributed by atoms with Crippen LogP contribution in [0.5, 0.6) is 0 Å². The van der Waals surface area contributed by atoms with Crippen molar-refractivity contribution in [2.45, 2.75) is 401 Å². The van der Waals surface area contributed by atoms with Crippen molar-refractivity contribution in [3.63, 3.8) is 0 Å². The zero-order valence-electron chi connectivity index (χ0n) is 61.4. The Kier molecular flexibility index (Phi) is 64.3. The largest absolute Gasteiger partial charge is 0.472 e. The lowest BCUT2D eigenvalue weighted by Crippen LogP contribution is -2.30. The molecule has 0 aromatic rings. The Morgan fingerprint density at radius 3 is 0.809 bits per heavy atom. The van der Waals surface area contributed by atoms with Crippen molar-refractivity contribution in [1.29, 1.82) is 0 Å². The first-order valence-corrected chi connectivity index (χ1v) is 41.9. The van der Waals surface area contributed by atoms with E-state index >= 15 is 0 Å². The zero-order chi connectivity index (χ0) is 69.4. The smallest absolute Gasteiger partial charge is 0.462 e. The Bertz CT molecular complexity index is 1840. The number of ether oxygens (including phenoxy) is 4. The predicted octanol–water partition coefficient (Wildman–Crippen LogP) is 21.8. The molecule has 0 saturated carbocycles. The Morgan fingerprint density at radius 1 is 0.309 bits per heavy atom. The van der Waals surface area contributed by atoms with E-state index < -0.39 is 97.5 Å². The Labute approximate surface area is 575 Å². The number of rotatable bonds is 73. The van der Waals surface area contributed by atoms with Crippen LogP contribution in [0.1, 0.15) is 382 Å². The second-order valence-electron chi connectivity index (χ2n) is 28.2. The molecule has 0 aliphatic heterocycles. The molecule has 3 N–H and O–H groups in total. The van der Waals surface area contributed by atoms with Crippen LogP contribution >= 0.6 is 15.6 Å². The fourth-order valence-electron chi connectivity index (χ4n) is 11.4. The minimum absolute atomic E-state index is 0.102. The number of aliphatic hydroxyl groups is 1. The van der Waals surface area contributed by atoms with Gasteiger partial charge in [-0.3, -0.25) is 37.3 Å². The highest BCUT2D eigenvalue weighted by Crippen LogP contribution is 2.45. The minimum atomic E-state index is -4.96. The first kappa shape index (κ1) is 92.1. The molecule has 0 bridgehead atoms. The van der Waals surface area contributed by atoms with Crippen LogP contribution in [0.2, 0.25) is 0 Å². The molecule has 0 spiro atoms. The third-order valence-corrected chi connectivity index (χ3v) is 19.6. The summed E-state index contributed by atoms with van der Waals surface area (Å²) in [7, 11) is -9.91. The summed E-state index contributed by atoms with van der Waals surface area (Å²) in [4.78, 5) is 72.6. The summed E-state index contributed by atoms with van der Waals surface area (Å²) >= 11 is 0. The standard InChI is InChI=1S/C75H146O17P2/c1-8-10-11-12-13-14-15-16-17-18-19-20-21-22-23-24-25-26-31-34-44-51-58-74(79)91-70(62-85-72(77)56-49-42-33-30-28-27-29-32-39-46-53-66(3)4)64-89-93(81,82)87-60-69(76)61-88-94(83,84)90-65-71(63-86-73(78)57-50-43-37-35-40-47-54-67(5)6)92-75(80)59-52-45-38-36-41-48-55-68(7)9-2/h66-71,76H,8-65H2,1-7H3,(H,81,82)(H,83,84)/t68?,69-,70-,71-/m1/s1. The van der Waals surface area contributed by atoms with E-state index in [9.17, 15) is 43.2 Å². The number of aliphatic hydroxyl groups excluding tert-OH is 1. The van der Waals surface area contributed by atoms with Crippen molar-refractivity contribution in [2.24, 2.45) is 17.8 Å². The van der Waals surface area contributed by atoms with Gasteiger partial charge in [-0.25, -0.2) is 9.13 Å². The summed E-state index contributed by atoms with van der Waals surface area (Å²) < 4.78 is 68.4. The predicted molar refractivity (Wildman–Crippen MR) is 381 cm³/mol. The van der Waals surface area contributed by atoms with Gasteiger partial charge in [0.15, 0.2) is 12.2 Å². The fourth-order valence-corrected chi connectivity index (χ4v) is 13.0. The molecule has 3 unspecified atom stereocenters. The van der Waals surface area contributed by atoms with Gasteiger partial charge in [-0.2, -0.15) is 0 Å². The molecular formula is C75H146O17P2. The van der Waals surface area contributed by atoms with Crippen LogP contribution in [0.25, 0.3) is 0 Å². The van der Waals surface area contributed by atoms with Gasteiger partial charge < -0.3 is 33.8 Å². The molecule has 0 aliphatic rings. The van der Waals surface area contributed by atoms with Crippen molar-refractivity contribution in [3.05, 3.63) is 0 Å². The molecule has 0 amide bonds. The highest BCUT2D eigenvalue weighted by atomic mass is 31.2. The van der Waals surface area contributed by atoms with E-state index in [0.717, 1.165) is 108 Å². The second kappa shape index (κ2) is 65.7. The number of hydrogen-bond donors (Lipinski definition) is 3. The van der Waals surface area contributed by atoms with Crippen LogP contribution in [0.15, 0.2) is 0 Å². The maximum Gasteiger partial charge on any atom is 0.472 e. The number of carbonyl (C=O) groups is 4. The molecule has 6 atom stereocenters. The van der Waals surface area contributed by atoms with Crippen LogP contribution in [0.4, 0.5) is 0 Å². The number of hydrogen-bond acceptors (Lipinski definition) is 15. The summed E-state index contributed by atoms with van der Waals surface area (Å²) in [6, 6.07) is 0. The van der Waals surface area contributed by atoms with Gasteiger partial charge in [0.2, 0.25) is 0 Å². The highest BCUT2D eigenvalue weighted by molar-refractivity contribution is 7.47. The monoisotopic (exact) mass is 1380 g/mol. The Morgan fingerprint density at radius 2 is 0.543 bits per heavy atom. The molecule has 94 heavy (non-hydrogen) atoms. The van der Waals surface area contributed by atoms with Crippen molar-refractivity contribution < 1.29 is 80.2 Å². The van der Waals surface area contributed by atoms with Crippen LogP contribution in [0.3, 0.4) is 0 Å². The molecule has 17 nitrogen and oxygen atoms in total. The van der Waals surface area contributed by atoms with Gasteiger partial charge in [0.1, 0.15) is 19.3 Å². The molecule has 0 aromatic heterocycles. The average Bonchev–Trinajstić information content (AvgIpc) is 1.45.